The average molecular weight is 929 g/mol. The maximum atomic E-state index is 12.3. The molecule has 70 heavy (non-hydrogen) atoms. The summed E-state index contributed by atoms with van der Waals surface area (Å²) in [4.78, 5) is 28.6. The van der Waals surface area contributed by atoms with E-state index in [1.54, 1.807) is 28.3 Å². The molecule has 0 aliphatic rings. The van der Waals surface area contributed by atoms with Gasteiger partial charge in [0.15, 0.2) is 0 Å². The van der Waals surface area contributed by atoms with Crippen molar-refractivity contribution in [2.45, 2.75) is 46.5 Å². The lowest BCUT2D eigenvalue weighted by atomic mass is 10.0. The smallest absolute Gasteiger partial charge is 0.306 e. The highest BCUT2D eigenvalue weighted by atomic mass is 16.6. The molecule has 0 fully saturated rings. The molecule has 8 rings (SSSR count). The molecule has 8 aromatic rings. The van der Waals surface area contributed by atoms with Gasteiger partial charge in [-0.15, -0.1) is 0 Å². The number of benzene rings is 8. The Morgan fingerprint density at radius 2 is 0.714 bits per heavy atom. The number of hydrogen-bond acceptors (Lipinski definition) is 8. The van der Waals surface area contributed by atoms with Crippen LogP contribution < -0.4 is 19.3 Å². The largest absolute Gasteiger partial charge is 0.496 e. The van der Waals surface area contributed by atoms with Crippen LogP contribution in [0.4, 0.5) is 34.1 Å². The summed E-state index contributed by atoms with van der Waals surface area (Å²) in [5.41, 5.74) is 17.1. The van der Waals surface area contributed by atoms with Gasteiger partial charge in [0.05, 0.1) is 20.8 Å². The average Bonchev–Trinajstić information content (AvgIpc) is 3.39. The second-order valence-electron chi connectivity index (χ2n) is 17.5. The van der Waals surface area contributed by atoms with Gasteiger partial charge in [-0.25, -0.2) is 0 Å². The zero-order valence-corrected chi connectivity index (χ0v) is 40.9. The Balaban J connectivity index is 1.07. The van der Waals surface area contributed by atoms with Gasteiger partial charge in [-0.3, -0.25) is 4.79 Å². The van der Waals surface area contributed by atoms with Crippen molar-refractivity contribution in [2.75, 3.05) is 44.3 Å². The summed E-state index contributed by atoms with van der Waals surface area (Å²) < 4.78 is 21.3. The first-order valence-electron chi connectivity index (χ1n) is 23.7. The molecule has 0 aliphatic carbocycles. The molecule has 0 radical (unpaired) electrons. The Hall–Kier alpha value is -7.94. The third kappa shape index (κ3) is 11.8. The fourth-order valence-corrected chi connectivity index (χ4v) is 8.72. The number of Topliss-reactive ketones (excluding diaryl/α,β-unsaturated/α-hetero) is 1. The van der Waals surface area contributed by atoms with Gasteiger partial charge >= 0.3 is 5.97 Å². The van der Waals surface area contributed by atoms with Crippen molar-refractivity contribution in [3.63, 3.8) is 0 Å². The van der Waals surface area contributed by atoms with Gasteiger partial charge in [-0.2, -0.15) is 0 Å². The molecule has 0 saturated carbocycles. The van der Waals surface area contributed by atoms with Crippen molar-refractivity contribution < 1.29 is 28.5 Å². The second kappa shape index (κ2) is 22.9. The monoisotopic (exact) mass is 928 g/mol. The van der Waals surface area contributed by atoms with Crippen LogP contribution in [0, 0.1) is 13.8 Å². The molecule has 0 N–H and O–H groups in total. The van der Waals surface area contributed by atoms with Gasteiger partial charge in [0, 0.05) is 54.1 Å². The standard InChI is InChI=1S/C62H60N2O6/c1-43-41-52(22-36-60(43)68-5)50-18-32-58(33-19-50)63(54-24-9-46(10-25-54)8-7-45(3)65)56-28-14-48(15-29-56)49-16-30-57(31-17-49)64(55-26-11-47(12-27-55)13-38-62(66)70-40-39-67-4)59-34-20-51(21-35-59)53-23-37-61(69-6)44(2)42-53/h9-12,14-37,41-42H,7-8,13,38-40H2,1-6H3. The molecule has 8 aromatic carbocycles. The van der Waals surface area contributed by atoms with E-state index in [0.29, 0.717) is 25.9 Å². The maximum absolute atomic E-state index is 12.3. The van der Waals surface area contributed by atoms with E-state index < -0.39 is 0 Å². The number of ketones is 1. The molecule has 0 unspecified atom stereocenters. The third-order valence-electron chi connectivity index (χ3n) is 12.6. The van der Waals surface area contributed by atoms with Crippen LogP contribution in [0.3, 0.4) is 0 Å². The molecule has 0 amide bonds. The number of aryl methyl sites for hydroxylation is 4. The first kappa shape index (κ1) is 48.5. The zero-order valence-electron chi connectivity index (χ0n) is 40.9. The Labute approximate surface area is 412 Å². The maximum Gasteiger partial charge on any atom is 0.306 e. The van der Waals surface area contributed by atoms with E-state index in [-0.39, 0.29) is 18.4 Å². The van der Waals surface area contributed by atoms with Crippen LogP contribution in [-0.2, 0) is 31.9 Å². The van der Waals surface area contributed by atoms with Crippen LogP contribution in [0.5, 0.6) is 11.5 Å². The van der Waals surface area contributed by atoms with Crippen molar-refractivity contribution in [1.29, 1.82) is 0 Å². The molecule has 0 aromatic heterocycles. The summed E-state index contributed by atoms with van der Waals surface area (Å²) >= 11 is 0. The second-order valence-corrected chi connectivity index (χ2v) is 17.5. The third-order valence-corrected chi connectivity index (χ3v) is 12.6. The Bertz CT molecular complexity index is 3000. The molecule has 0 saturated heterocycles. The van der Waals surface area contributed by atoms with Gasteiger partial charge in [0.2, 0.25) is 0 Å². The number of carbonyl (C=O) groups excluding carboxylic acids is 2. The number of methoxy groups -OCH3 is 3. The zero-order chi connectivity index (χ0) is 49.0. The van der Waals surface area contributed by atoms with Gasteiger partial charge in [-0.1, -0.05) is 84.9 Å². The van der Waals surface area contributed by atoms with Crippen LogP contribution in [0.2, 0.25) is 0 Å². The number of carbonyl (C=O) groups is 2. The predicted molar refractivity (Wildman–Crippen MR) is 285 cm³/mol. The van der Waals surface area contributed by atoms with Crippen LogP contribution in [0.1, 0.15) is 42.0 Å². The van der Waals surface area contributed by atoms with Crippen LogP contribution in [-0.4, -0.2) is 46.3 Å². The van der Waals surface area contributed by atoms with Crippen molar-refractivity contribution in [2.24, 2.45) is 0 Å². The highest BCUT2D eigenvalue weighted by molar-refractivity contribution is 5.83. The quantitative estimate of drug-likeness (QED) is 0.0553. The summed E-state index contributed by atoms with van der Waals surface area (Å²) in [6, 6.07) is 64.1. The van der Waals surface area contributed by atoms with Gasteiger partial charge in [0.1, 0.15) is 23.9 Å². The molecular weight excluding hydrogens is 869 g/mol. The van der Waals surface area contributed by atoms with E-state index in [1.807, 2.05) is 12.1 Å². The summed E-state index contributed by atoms with van der Waals surface area (Å²) in [5.74, 6) is 1.69. The lowest BCUT2D eigenvalue weighted by Gasteiger charge is -2.27. The van der Waals surface area contributed by atoms with Crippen LogP contribution >= 0.6 is 0 Å². The minimum absolute atomic E-state index is 0.189. The van der Waals surface area contributed by atoms with Crippen molar-refractivity contribution in [3.05, 3.63) is 204 Å². The SMILES string of the molecule is COCCOC(=O)CCc1ccc(N(c2ccc(-c3ccc(N(c4ccc(CCC(C)=O)cc4)c4ccc(-c5ccc(OC)c(C)c5)cc4)cc3)cc2)c2ccc(-c3ccc(OC)c(C)c3)cc2)cc1. The van der Waals surface area contributed by atoms with Gasteiger partial charge in [0.25, 0.3) is 0 Å². The lowest BCUT2D eigenvalue weighted by molar-refractivity contribution is -0.144. The highest BCUT2D eigenvalue weighted by Gasteiger charge is 2.17. The van der Waals surface area contributed by atoms with E-state index >= 15 is 0 Å². The van der Waals surface area contributed by atoms with Crippen molar-refractivity contribution >= 4 is 45.9 Å². The van der Waals surface area contributed by atoms with Crippen LogP contribution in [0.15, 0.2) is 182 Å². The summed E-state index contributed by atoms with van der Waals surface area (Å²) in [7, 11) is 4.98. The normalized spacial score (nSPS) is 10.9. The molecule has 354 valence electrons. The van der Waals surface area contributed by atoms with E-state index in [0.717, 1.165) is 108 Å². The predicted octanol–water partition coefficient (Wildman–Crippen LogP) is 14.9. The number of esters is 1. The first-order chi connectivity index (χ1) is 34.1. The van der Waals surface area contributed by atoms with E-state index in [4.69, 9.17) is 18.9 Å². The molecule has 0 heterocycles. The molecule has 0 spiro atoms. The Morgan fingerprint density at radius 3 is 1.03 bits per heavy atom. The summed E-state index contributed by atoms with van der Waals surface area (Å²) in [5, 5.41) is 0. The van der Waals surface area contributed by atoms with Crippen molar-refractivity contribution in [3.8, 4) is 44.9 Å². The Kier molecular flexibility index (Phi) is 15.9. The van der Waals surface area contributed by atoms with E-state index in [2.05, 4.69) is 194 Å². The lowest BCUT2D eigenvalue weighted by Crippen LogP contribution is -2.11. The molecule has 0 bridgehead atoms. The Morgan fingerprint density at radius 1 is 0.400 bits per heavy atom. The number of nitrogens with zero attached hydrogens (tertiary/aromatic N) is 2. The molecule has 0 atom stereocenters. The molecule has 8 heteroatoms. The van der Waals surface area contributed by atoms with Gasteiger partial charge < -0.3 is 33.5 Å². The fraction of sp³-hybridized carbons (Fsp3) is 0.194. The number of rotatable bonds is 20. The van der Waals surface area contributed by atoms with E-state index in [1.165, 1.54) is 0 Å². The minimum Gasteiger partial charge on any atom is -0.496 e. The summed E-state index contributed by atoms with van der Waals surface area (Å²) in [6.07, 6.45) is 2.13. The first-order valence-corrected chi connectivity index (χ1v) is 23.7. The topological polar surface area (TPSA) is 77.5 Å². The number of anilines is 6. The highest BCUT2D eigenvalue weighted by Crippen LogP contribution is 2.40. The minimum atomic E-state index is -0.235. The summed E-state index contributed by atoms with van der Waals surface area (Å²) in [6.45, 7) is 6.40. The number of ether oxygens (including phenoxy) is 4. The van der Waals surface area contributed by atoms with Gasteiger partial charge in [-0.05, 0) is 186 Å². The number of hydrogen-bond donors (Lipinski definition) is 0. The molecule has 8 nitrogen and oxygen atoms in total. The molecular formula is C62H60N2O6. The van der Waals surface area contributed by atoms with Crippen molar-refractivity contribution in [1.82, 2.24) is 0 Å². The van der Waals surface area contributed by atoms with Crippen LogP contribution in [0.25, 0.3) is 33.4 Å². The molecule has 0 aliphatic heterocycles. The fourth-order valence-electron chi connectivity index (χ4n) is 8.72. The van der Waals surface area contributed by atoms with E-state index in [9.17, 15) is 9.59 Å².